The van der Waals surface area contributed by atoms with E-state index in [1.165, 1.54) is 6.42 Å². The van der Waals surface area contributed by atoms with Crippen molar-refractivity contribution < 1.29 is 4.74 Å². The van der Waals surface area contributed by atoms with Gasteiger partial charge in [-0.25, -0.2) is 4.98 Å². The number of nitrogens with zero attached hydrogens (tertiary/aromatic N) is 2. The first kappa shape index (κ1) is 11.6. The largest absolute Gasteiger partial charge is 0.378 e. The van der Waals surface area contributed by atoms with E-state index < -0.39 is 0 Å². The SMILES string of the molecule is Cn1ccnc1CCOC1CCCC(N)C1. The summed E-state index contributed by atoms with van der Waals surface area (Å²) in [6.07, 6.45) is 9.57. The molecule has 0 aliphatic heterocycles. The van der Waals surface area contributed by atoms with Crippen molar-refractivity contribution in [3.8, 4) is 0 Å². The number of imidazole rings is 1. The Balaban J connectivity index is 1.70. The molecule has 1 aromatic rings. The summed E-state index contributed by atoms with van der Waals surface area (Å²) in [7, 11) is 2.01. The topological polar surface area (TPSA) is 53.1 Å². The van der Waals surface area contributed by atoms with Gasteiger partial charge in [-0.2, -0.15) is 0 Å². The molecule has 2 unspecified atom stereocenters. The average Bonchev–Trinajstić information content (AvgIpc) is 2.65. The van der Waals surface area contributed by atoms with Crippen LogP contribution in [0.5, 0.6) is 0 Å². The molecule has 2 atom stereocenters. The van der Waals surface area contributed by atoms with Crippen LogP contribution in [0, 0.1) is 0 Å². The Morgan fingerprint density at radius 2 is 2.44 bits per heavy atom. The van der Waals surface area contributed by atoms with E-state index in [0.717, 1.165) is 38.1 Å². The molecule has 1 aliphatic carbocycles. The van der Waals surface area contributed by atoms with Crippen LogP contribution in [0.15, 0.2) is 12.4 Å². The Labute approximate surface area is 96.8 Å². The van der Waals surface area contributed by atoms with E-state index in [1.54, 1.807) is 0 Å². The normalized spacial score (nSPS) is 25.9. The first-order valence-corrected chi connectivity index (χ1v) is 6.09. The van der Waals surface area contributed by atoms with Gasteiger partial charge in [0.2, 0.25) is 0 Å². The van der Waals surface area contributed by atoms with Gasteiger partial charge in [-0.3, -0.25) is 0 Å². The fourth-order valence-electron chi connectivity index (χ4n) is 2.29. The predicted molar refractivity (Wildman–Crippen MR) is 63.1 cm³/mol. The number of hydrogen-bond donors (Lipinski definition) is 1. The molecule has 0 amide bonds. The van der Waals surface area contributed by atoms with Crippen LogP contribution < -0.4 is 5.73 Å². The van der Waals surface area contributed by atoms with Gasteiger partial charge in [-0.15, -0.1) is 0 Å². The van der Waals surface area contributed by atoms with Crippen molar-refractivity contribution in [2.75, 3.05) is 6.61 Å². The van der Waals surface area contributed by atoms with E-state index >= 15 is 0 Å². The van der Waals surface area contributed by atoms with Gasteiger partial charge in [0.05, 0.1) is 12.7 Å². The lowest BCUT2D eigenvalue weighted by Gasteiger charge is -2.26. The first-order chi connectivity index (χ1) is 7.75. The van der Waals surface area contributed by atoms with Crippen LogP contribution in [0.4, 0.5) is 0 Å². The second-order valence-corrected chi connectivity index (χ2v) is 4.62. The molecule has 2 N–H and O–H groups in total. The third kappa shape index (κ3) is 3.06. The summed E-state index contributed by atoms with van der Waals surface area (Å²) in [5.74, 6) is 1.08. The fraction of sp³-hybridized carbons (Fsp3) is 0.750. The highest BCUT2D eigenvalue weighted by Crippen LogP contribution is 2.19. The van der Waals surface area contributed by atoms with Crippen molar-refractivity contribution >= 4 is 0 Å². The number of rotatable bonds is 4. The van der Waals surface area contributed by atoms with Gasteiger partial charge in [0, 0.05) is 31.9 Å². The minimum Gasteiger partial charge on any atom is -0.378 e. The Hall–Kier alpha value is -0.870. The second-order valence-electron chi connectivity index (χ2n) is 4.62. The van der Waals surface area contributed by atoms with Gasteiger partial charge in [-0.1, -0.05) is 0 Å². The van der Waals surface area contributed by atoms with Crippen molar-refractivity contribution in [2.45, 2.75) is 44.2 Å². The molecular formula is C12H21N3O. The van der Waals surface area contributed by atoms with Crippen molar-refractivity contribution in [1.29, 1.82) is 0 Å². The van der Waals surface area contributed by atoms with E-state index in [1.807, 2.05) is 24.0 Å². The van der Waals surface area contributed by atoms with Gasteiger partial charge in [0.1, 0.15) is 5.82 Å². The Kier molecular flexibility index (Phi) is 3.96. The molecule has 1 aliphatic rings. The molecule has 1 heterocycles. The number of ether oxygens (including phenoxy) is 1. The smallest absolute Gasteiger partial charge is 0.110 e. The van der Waals surface area contributed by atoms with Crippen LogP contribution in [0.25, 0.3) is 0 Å². The van der Waals surface area contributed by atoms with Crippen LogP contribution in [0.3, 0.4) is 0 Å². The zero-order valence-electron chi connectivity index (χ0n) is 9.93. The highest BCUT2D eigenvalue weighted by molar-refractivity contribution is 4.91. The van der Waals surface area contributed by atoms with Crippen LogP contribution in [-0.2, 0) is 18.2 Å². The summed E-state index contributed by atoms with van der Waals surface area (Å²) in [6.45, 7) is 0.752. The quantitative estimate of drug-likeness (QED) is 0.835. The maximum Gasteiger partial charge on any atom is 0.110 e. The van der Waals surface area contributed by atoms with E-state index in [0.29, 0.717) is 12.1 Å². The highest BCUT2D eigenvalue weighted by atomic mass is 16.5. The van der Waals surface area contributed by atoms with Crippen molar-refractivity contribution in [1.82, 2.24) is 9.55 Å². The van der Waals surface area contributed by atoms with Gasteiger partial charge in [-0.05, 0) is 25.7 Å². The monoisotopic (exact) mass is 223 g/mol. The predicted octanol–water partition coefficient (Wildman–Crippen LogP) is 1.25. The molecule has 0 radical (unpaired) electrons. The number of nitrogens with two attached hydrogens (primary N) is 1. The lowest BCUT2D eigenvalue weighted by Crippen LogP contribution is -2.32. The molecule has 4 heteroatoms. The molecule has 16 heavy (non-hydrogen) atoms. The Morgan fingerprint density at radius 3 is 3.12 bits per heavy atom. The lowest BCUT2D eigenvalue weighted by molar-refractivity contribution is 0.0245. The molecule has 90 valence electrons. The third-order valence-corrected chi connectivity index (χ3v) is 3.27. The molecule has 2 rings (SSSR count). The van der Waals surface area contributed by atoms with E-state index in [2.05, 4.69) is 4.98 Å². The summed E-state index contributed by atoms with van der Waals surface area (Å²) < 4.78 is 7.89. The van der Waals surface area contributed by atoms with E-state index in [4.69, 9.17) is 10.5 Å². The van der Waals surface area contributed by atoms with Crippen molar-refractivity contribution in [3.05, 3.63) is 18.2 Å². The average molecular weight is 223 g/mol. The Bertz CT molecular complexity index is 324. The number of hydrogen-bond acceptors (Lipinski definition) is 3. The van der Waals surface area contributed by atoms with Gasteiger partial charge in [0.25, 0.3) is 0 Å². The molecule has 0 spiro atoms. The summed E-state index contributed by atoms with van der Waals surface area (Å²) in [5, 5.41) is 0. The molecule has 1 fully saturated rings. The van der Waals surface area contributed by atoms with Gasteiger partial charge < -0.3 is 15.0 Å². The molecule has 1 aromatic heterocycles. The van der Waals surface area contributed by atoms with Crippen LogP contribution in [0.1, 0.15) is 31.5 Å². The molecule has 0 bridgehead atoms. The highest BCUT2D eigenvalue weighted by Gasteiger charge is 2.19. The molecular weight excluding hydrogens is 202 g/mol. The van der Waals surface area contributed by atoms with Crippen LogP contribution >= 0.6 is 0 Å². The maximum atomic E-state index is 5.92. The molecule has 0 saturated heterocycles. The van der Waals surface area contributed by atoms with Crippen LogP contribution in [-0.4, -0.2) is 28.3 Å². The van der Waals surface area contributed by atoms with Gasteiger partial charge in [0.15, 0.2) is 0 Å². The molecule has 0 aromatic carbocycles. The first-order valence-electron chi connectivity index (χ1n) is 6.09. The molecule has 1 saturated carbocycles. The number of aryl methyl sites for hydroxylation is 1. The second kappa shape index (κ2) is 5.46. The van der Waals surface area contributed by atoms with Crippen LogP contribution in [0.2, 0.25) is 0 Å². The zero-order chi connectivity index (χ0) is 11.4. The minimum absolute atomic E-state index is 0.340. The Morgan fingerprint density at radius 1 is 1.56 bits per heavy atom. The standard InChI is InChI=1S/C12H21N3O/c1-15-7-6-14-12(15)5-8-16-11-4-2-3-10(13)9-11/h6-7,10-11H,2-5,8-9,13H2,1H3. The summed E-state index contributed by atoms with van der Waals surface area (Å²) in [4.78, 5) is 4.27. The summed E-state index contributed by atoms with van der Waals surface area (Å²) in [6, 6.07) is 0.340. The van der Waals surface area contributed by atoms with E-state index in [9.17, 15) is 0 Å². The molecule has 4 nitrogen and oxygen atoms in total. The fourth-order valence-corrected chi connectivity index (χ4v) is 2.29. The third-order valence-electron chi connectivity index (χ3n) is 3.27. The zero-order valence-corrected chi connectivity index (χ0v) is 9.93. The van der Waals surface area contributed by atoms with Crippen molar-refractivity contribution in [3.63, 3.8) is 0 Å². The van der Waals surface area contributed by atoms with Gasteiger partial charge >= 0.3 is 0 Å². The number of aromatic nitrogens is 2. The summed E-state index contributed by atoms with van der Waals surface area (Å²) in [5.41, 5.74) is 5.92. The van der Waals surface area contributed by atoms with E-state index in [-0.39, 0.29) is 0 Å². The summed E-state index contributed by atoms with van der Waals surface area (Å²) >= 11 is 0. The lowest BCUT2D eigenvalue weighted by atomic mass is 9.94. The minimum atomic E-state index is 0.340. The maximum absolute atomic E-state index is 5.92. The van der Waals surface area contributed by atoms with Crippen molar-refractivity contribution in [2.24, 2.45) is 12.8 Å².